The predicted octanol–water partition coefficient (Wildman–Crippen LogP) is 2.92. The molecule has 1 aromatic carbocycles. The third-order valence-electron chi connectivity index (χ3n) is 6.65. The zero-order valence-electron chi connectivity index (χ0n) is 22.2. The summed E-state index contributed by atoms with van der Waals surface area (Å²) in [7, 11) is 3.92. The molecule has 1 aliphatic heterocycles. The number of hydrogen-bond acceptors (Lipinski definition) is 8. The topological polar surface area (TPSA) is 135 Å². The van der Waals surface area contributed by atoms with Crippen LogP contribution in [0.5, 0.6) is 0 Å². The van der Waals surface area contributed by atoms with Gasteiger partial charge in [-0.2, -0.15) is 5.10 Å². The number of fused-ring (bicyclic) bond motifs is 1. The lowest BCUT2D eigenvalue weighted by atomic mass is 10.1. The molecule has 5 rings (SSSR count). The molecular weight excluding hydrogens is 494 g/mol. The zero-order chi connectivity index (χ0) is 27.5. The van der Waals surface area contributed by atoms with E-state index in [9.17, 15) is 9.59 Å². The van der Waals surface area contributed by atoms with E-state index < -0.39 is 0 Å². The van der Waals surface area contributed by atoms with Gasteiger partial charge in [-0.3, -0.25) is 9.59 Å². The number of nitrogens with zero attached hydrogens (tertiary/aromatic N) is 7. The molecule has 39 heavy (non-hydrogen) atoms. The Kier molecular flexibility index (Phi) is 7.33. The Bertz CT molecular complexity index is 1540. The fourth-order valence-corrected chi connectivity index (χ4v) is 4.64. The minimum atomic E-state index is -0.256. The normalized spacial score (nSPS) is 15.5. The van der Waals surface area contributed by atoms with Crippen LogP contribution >= 0.6 is 0 Å². The Hall–Kier alpha value is -4.64. The summed E-state index contributed by atoms with van der Waals surface area (Å²) in [4.78, 5) is 42.1. The lowest BCUT2D eigenvalue weighted by Gasteiger charge is -2.15. The number of aromatic nitrogens is 5. The van der Waals surface area contributed by atoms with Crippen molar-refractivity contribution in [3.63, 3.8) is 0 Å². The van der Waals surface area contributed by atoms with Gasteiger partial charge in [0.25, 0.3) is 5.91 Å². The number of carbonyl (C=O) groups excluding carboxylic acids is 2. The number of nitrogens with one attached hydrogen (secondary N) is 1. The highest BCUT2D eigenvalue weighted by atomic mass is 16.2. The van der Waals surface area contributed by atoms with Gasteiger partial charge in [0.05, 0.1) is 11.4 Å². The molecule has 1 unspecified atom stereocenters. The highest BCUT2D eigenvalue weighted by Crippen LogP contribution is 2.34. The summed E-state index contributed by atoms with van der Waals surface area (Å²) in [5.41, 5.74) is 9.81. The highest BCUT2D eigenvalue weighted by Gasteiger charge is 2.30. The van der Waals surface area contributed by atoms with E-state index in [0.29, 0.717) is 53.6 Å². The van der Waals surface area contributed by atoms with Crippen molar-refractivity contribution in [3.05, 3.63) is 72.2 Å². The van der Waals surface area contributed by atoms with Crippen LogP contribution in [-0.2, 0) is 4.79 Å². The van der Waals surface area contributed by atoms with E-state index in [1.165, 1.54) is 6.33 Å². The van der Waals surface area contributed by atoms with E-state index in [4.69, 9.17) is 10.8 Å². The summed E-state index contributed by atoms with van der Waals surface area (Å²) >= 11 is 0. The molecule has 1 saturated heterocycles. The maximum Gasteiger partial charge on any atom is 0.256 e. The molecule has 1 aliphatic rings. The van der Waals surface area contributed by atoms with Crippen molar-refractivity contribution in [1.29, 1.82) is 0 Å². The molecular formula is C28H31N9O2. The van der Waals surface area contributed by atoms with Gasteiger partial charge in [0, 0.05) is 43.0 Å². The van der Waals surface area contributed by atoms with E-state index in [1.807, 2.05) is 65.8 Å². The minimum Gasteiger partial charge on any atom is -0.383 e. The molecule has 0 radical (unpaired) electrons. The van der Waals surface area contributed by atoms with Gasteiger partial charge < -0.3 is 20.9 Å². The number of benzene rings is 1. The standard InChI is InChI=1S/C28H31N9O2/c1-18-10-12-30-22(15-18)33-28(39)20-8-6-19(7-9-20)25-24-26(29)31-17-32-27(24)37(34-25)21-11-14-36(16-21)23(38)5-4-13-35(2)3/h4-10,12,15,17,21H,11,13-14,16H2,1-3H3,(H2,29,31,32)(H,30,33,39)/b5-4+. The number of nitrogen functional groups attached to an aromatic ring is 1. The zero-order valence-corrected chi connectivity index (χ0v) is 22.2. The Balaban J connectivity index is 1.38. The number of likely N-dealkylation sites (tertiary alicyclic amines) is 1. The summed E-state index contributed by atoms with van der Waals surface area (Å²) in [6, 6.07) is 10.8. The van der Waals surface area contributed by atoms with Crippen LogP contribution in [0.2, 0.25) is 0 Å². The van der Waals surface area contributed by atoms with Gasteiger partial charge in [0.1, 0.15) is 23.7 Å². The molecule has 0 spiro atoms. The molecule has 3 aromatic heterocycles. The largest absolute Gasteiger partial charge is 0.383 e. The lowest BCUT2D eigenvalue weighted by Crippen LogP contribution is -2.28. The second-order valence-electron chi connectivity index (χ2n) is 9.89. The van der Waals surface area contributed by atoms with Crippen LogP contribution < -0.4 is 11.1 Å². The number of anilines is 2. The maximum atomic E-state index is 12.8. The van der Waals surface area contributed by atoms with E-state index in [-0.39, 0.29) is 17.9 Å². The Morgan fingerprint density at radius 3 is 2.69 bits per heavy atom. The number of hydrogen-bond donors (Lipinski definition) is 2. The third-order valence-corrected chi connectivity index (χ3v) is 6.65. The molecule has 1 fully saturated rings. The summed E-state index contributed by atoms with van der Waals surface area (Å²) in [5.74, 6) is 0.551. The SMILES string of the molecule is Cc1ccnc(NC(=O)c2ccc(-c3nn(C4CCN(C(=O)/C=C/CN(C)C)C4)c4ncnc(N)c34)cc2)c1. The Morgan fingerprint density at radius 2 is 1.95 bits per heavy atom. The average molecular weight is 526 g/mol. The van der Waals surface area contributed by atoms with Crippen LogP contribution in [-0.4, -0.2) is 80.1 Å². The van der Waals surface area contributed by atoms with Crippen molar-refractivity contribution in [2.45, 2.75) is 19.4 Å². The van der Waals surface area contributed by atoms with Gasteiger partial charge in [-0.15, -0.1) is 0 Å². The molecule has 11 nitrogen and oxygen atoms in total. The molecule has 4 aromatic rings. The average Bonchev–Trinajstić information content (AvgIpc) is 3.55. The first-order valence-corrected chi connectivity index (χ1v) is 12.7. The molecule has 11 heteroatoms. The van der Waals surface area contributed by atoms with E-state index in [1.54, 1.807) is 24.4 Å². The Morgan fingerprint density at radius 1 is 1.15 bits per heavy atom. The maximum absolute atomic E-state index is 12.8. The van der Waals surface area contributed by atoms with Crippen molar-refractivity contribution in [1.82, 2.24) is 34.5 Å². The third kappa shape index (κ3) is 5.63. The summed E-state index contributed by atoms with van der Waals surface area (Å²) < 4.78 is 1.85. The van der Waals surface area contributed by atoms with E-state index >= 15 is 0 Å². The number of amides is 2. The molecule has 2 amide bonds. The number of aryl methyl sites for hydroxylation is 1. The first-order chi connectivity index (χ1) is 18.8. The first kappa shape index (κ1) is 26.0. The molecule has 0 aliphatic carbocycles. The fraction of sp³-hybridized carbons (Fsp3) is 0.286. The van der Waals surface area contributed by atoms with E-state index in [0.717, 1.165) is 17.5 Å². The lowest BCUT2D eigenvalue weighted by molar-refractivity contribution is -0.125. The number of carbonyl (C=O) groups is 2. The van der Waals surface area contributed by atoms with Crippen molar-refractivity contribution in [3.8, 4) is 11.3 Å². The highest BCUT2D eigenvalue weighted by molar-refractivity contribution is 6.04. The fourth-order valence-electron chi connectivity index (χ4n) is 4.64. The molecule has 0 bridgehead atoms. The van der Waals surface area contributed by atoms with Gasteiger partial charge in [-0.1, -0.05) is 18.2 Å². The van der Waals surface area contributed by atoms with Crippen LogP contribution in [0.1, 0.15) is 28.4 Å². The second kappa shape index (κ2) is 11.0. The summed E-state index contributed by atoms with van der Waals surface area (Å²) in [5, 5.41) is 8.36. The number of pyridine rings is 1. The number of nitrogens with two attached hydrogens (primary N) is 1. The van der Waals surface area contributed by atoms with Crippen molar-refractivity contribution < 1.29 is 9.59 Å². The Labute approximate surface area is 226 Å². The van der Waals surface area contributed by atoms with Gasteiger partial charge in [0.15, 0.2) is 5.65 Å². The van der Waals surface area contributed by atoms with Crippen LogP contribution in [0.4, 0.5) is 11.6 Å². The van der Waals surface area contributed by atoms with Crippen molar-refractivity contribution in [2.24, 2.45) is 0 Å². The van der Waals surface area contributed by atoms with Gasteiger partial charge in [-0.05, 0) is 57.3 Å². The molecule has 3 N–H and O–H groups in total. The summed E-state index contributed by atoms with van der Waals surface area (Å²) in [6.07, 6.45) is 7.32. The second-order valence-corrected chi connectivity index (χ2v) is 9.89. The van der Waals surface area contributed by atoms with E-state index in [2.05, 4.69) is 20.3 Å². The van der Waals surface area contributed by atoms with Gasteiger partial charge >= 0.3 is 0 Å². The minimum absolute atomic E-state index is 0.0140. The van der Waals surface area contributed by atoms with Crippen molar-refractivity contribution >= 4 is 34.5 Å². The molecule has 0 saturated carbocycles. The molecule has 200 valence electrons. The predicted molar refractivity (Wildman–Crippen MR) is 150 cm³/mol. The molecule has 1 atom stereocenters. The summed E-state index contributed by atoms with van der Waals surface area (Å²) in [6.45, 7) is 3.80. The first-order valence-electron chi connectivity index (χ1n) is 12.7. The smallest absolute Gasteiger partial charge is 0.256 e. The van der Waals surface area contributed by atoms with Gasteiger partial charge in [0.2, 0.25) is 5.91 Å². The number of rotatable bonds is 7. The van der Waals surface area contributed by atoms with Crippen molar-refractivity contribution in [2.75, 3.05) is 44.8 Å². The number of likely N-dealkylation sites (N-methyl/N-ethyl adjacent to an activating group) is 1. The monoisotopic (exact) mass is 525 g/mol. The van der Waals surface area contributed by atoms with Crippen LogP contribution in [0.15, 0.2) is 61.1 Å². The van der Waals surface area contributed by atoms with Crippen LogP contribution in [0, 0.1) is 6.92 Å². The quantitative estimate of drug-likeness (QED) is 0.352. The van der Waals surface area contributed by atoms with Crippen LogP contribution in [0.3, 0.4) is 0 Å². The van der Waals surface area contributed by atoms with Crippen LogP contribution in [0.25, 0.3) is 22.3 Å². The van der Waals surface area contributed by atoms with Gasteiger partial charge in [-0.25, -0.2) is 19.6 Å². The molecule has 4 heterocycles.